The SMILES string of the molecule is C=C(CCNC(=O)COc1ccc(Cl)c(F)c1)c1nnc([C@@H]2CCN(CC(F)(F)F)C2)o1. The summed E-state index contributed by atoms with van der Waals surface area (Å²) in [7, 11) is 0. The molecule has 0 bridgehead atoms. The molecular formula is C20H21ClF4N4O3. The Morgan fingerprint density at radius 3 is 2.88 bits per heavy atom. The number of hydrogen-bond acceptors (Lipinski definition) is 6. The van der Waals surface area contributed by atoms with Crippen molar-refractivity contribution in [3.63, 3.8) is 0 Å². The molecule has 1 aromatic heterocycles. The summed E-state index contributed by atoms with van der Waals surface area (Å²) >= 11 is 5.58. The molecule has 1 atom stereocenters. The lowest BCUT2D eigenvalue weighted by atomic mass is 10.1. The molecule has 0 radical (unpaired) electrons. The Bertz CT molecular complexity index is 967. The van der Waals surface area contributed by atoms with Crippen LogP contribution in [0.3, 0.4) is 0 Å². The van der Waals surface area contributed by atoms with Crippen molar-refractivity contribution < 1.29 is 31.5 Å². The molecule has 1 amide bonds. The van der Waals surface area contributed by atoms with Crippen molar-refractivity contribution in [2.75, 3.05) is 32.8 Å². The number of nitrogens with one attached hydrogen (secondary N) is 1. The second-order valence-corrected chi connectivity index (χ2v) is 7.76. The van der Waals surface area contributed by atoms with Gasteiger partial charge in [-0.15, -0.1) is 10.2 Å². The summed E-state index contributed by atoms with van der Waals surface area (Å²) in [4.78, 5) is 13.2. The number of alkyl halides is 3. The average Bonchev–Trinajstić information content (AvgIpc) is 3.37. The molecule has 7 nitrogen and oxygen atoms in total. The summed E-state index contributed by atoms with van der Waals surface area (Å²) in [6, 6.07) is 3.85. The van der Waals surface area contributed by atoms with Gasteiger partial charge in [0, 0.05) is 24.7 Å². The summed E-state index contributed by atoms with van der Waals surface area (Å²) < 4.78 is 61.7. The molecule has 0 unspecified atom stereocenters. The Hall–Kier alpha value is -2.66. The van der Waals surface area contributed by atoms with Crippen LogP contribution in [0.5, 0.6) is 5.75 Å². The van der Waals surface area contributed by atoms with Gasteiger partial charge in [0.2, 0.25) is 11.8 Å². The molecule has 0 spiro atoms. The molecular weight excluding hydrogens is 456 g/mol. The largest absolute Gasteiger partial charge is 0.484 e. The van der Waals surface area contributed by atoms with Crippen LogP contribution in [0.2, 0.25) is 5.02 Å². The molecule has 1 fully saturated rings. The highest BCUT2D eigenvalue weighted by molar-refractivity contribution is 6.30. The second kappa shape index (κ2) is 10.3. The summed E-state index contributed by atoms with van der Waals surface area (Å²) in [5, 5.41) is 10.4. The minimum atomic E-state index is -4.25. The predicted octanol–water partition coefficient (Wildman–Crippen LogP) is 3.81. The van der Waals surface area contributed by atoms with E-state index in [1.807, 2.05) is 0 Å². The number of aromatic nitrogens is 2. The Morgan fingerprint density at radius 1 is 1.38 bits per heavy atom. The smallest absolute Gasteiger partial charge is 0.401 e. The van der Waals surface area contributed by atoms with Crippen LogP contribution < -0.4 is 10.1 Å². The molecule has 1 N–H and O–H groups in total. The van der Waals surface area contributed by atoms with E-state index in [-0.39, 0.29) is 48.2 Å². The van der Waals surface area contributed by atoms with Gasteiger partial charge in [0.1, 0.15) is 11.6 Å². The van der Waals surface area contributed by atoms with Gasteiger partial charge < -0.3 is 14.5 Å². The standard InChI is InChI=1S/C20H21ClF4N4O3/c1-12(4-6-26-17(30)10-31-14-2-3-15(21)16(22)8-14)18-27-28-19(32-18)13-5-7-29(9-13)11-20(23,24)25/h2-3,8,13H,1,4-7,9-11H2,(H,26,30)/t13-/m1/s1. The summed E-state index contributed by atoms with van der Waals surface area (Å²) in [6.07, 6.45) is -3.44. The molecule has 0 saturated carbocycles. The van der Waals surface area contributed by atoms with E-state index >= 15 is 0 Å². The van der Waals surface area contributed by atoms with Crippen LogP contribution in [0.15, 0.2) is 29.2 Å². The van der Waals surface area contributed by atoms with Crippen molar-refractivity contribution in [3.05, 3.63) is 47.4 Å². The maximum Gasteiger partial charge on any atom is 0.401 e. The van der Waals surface area contributed by atoms with Crippen molar-refractivity contribution >= 4 is 23.1 Å². The summed E-state index contributed by atoms with van der Waals surface area (Å²) in [6.45, 7) is 3.29. The number of benzene rings is 1. The fourth-order valence-corrected chi connectivity index (χ4v) is 3.32. The van der Waals surface area contributed by atoms with Crippen molar-refractivity contribution in [3.8, 4) is 5.75 Å². The van der Waals surface area contributed by atoms with E-state index in [2.05, 4.69) is 22.1 Å². The summed E-state index contributed by atoms with van der Waals surface area (Å²) in [5.41, 5.74) is 0.481. The lowest BCUT2D eigenvalue weighted by Crippen LogP contribution is -2.32. The average molecular weight is 477 g/mol. The Morgan fingerprint density at radius 2 is 2.16 bits per heavy atom. The van der Waals surface area contributed by atoms with Crippen LogP contribution in [-0.4, -0.2) is 60.0 Å². The first-order chi connectivity index (χ1) is 15.1. The van der Waals surface area contributed by atoms with Crippen LogP contribution in [-0.2, 0) is 4.79 Å². The van der Waals surface area contributed by atoms with Gasteiger partial charge in [0.05, 0.1) is 17.5 Å². The molecule has 174 valence electrons. The molecule has 3 rings (SSSR count). The van der Waals surface area contributed by atoms with Gasteiger partial charge in [-0.3, -0.25) is 9.69 Å². The number of carbonyl (C=O) groups excluding carboxylic acids is 1. The molecule has 1 saturated heterocycles. The Kier molecular flexibility index (Phi) is 7.73. The highest BCUT2D eigenvalue weighted by Crippen LogP contribution is 2.29. The van der Waals surface area contributed by atoms with E-state index in [4.69, 9.17) is 20.8 Å². The van der Waals surface area contributed by atoms with E-state index in [0.29, 0.717) is 25.0 Å². The quantitative estimate of drug-likeness (QED) is 0.554. The third kappa shape index (κ3) is 6.92. The molecule has 1 aliphatic rings. The first-order valence-corrected chi connectivity index (χ1v) is 10.1. The van der Waals surface area contributed by atoms with Gasteiger partial charge in [-0.2, -0.15) is 13.2 Å². The number of nitrogens with zero attached hydrogens (tertiary/aromatic N) is 3. The molecule has 0 aliphatic carbocycles. The van der Waals surface area contributed by atoms with E-state index in [1.54, 1.807) is 0 Å². The molecule has 1 aromatic carbocycles. The van der Waals surface area contributed by atoms with Crippen LogP contribution >= 0.6 is 11.6 Å². The monoisotopic (exact) mass is 476 g/mol. The first kappa shape index (κ1) is 24.0. The van der Waals surface area contributed by atoms with E-state index in [1.165, 1.54) is 17.0 Å². The maximum atomic E-state index is 13.4. The van der Waals surface area contributed by atoms with E-state index < -0.39 is 24.4 Å². The number of rotatable bonds is 9. The Labute approximate surface area is 186 Å². The second-order valence-electron chi connectivity index (χ2n) is 7.35. The van der Waals surface area contributed by atoms with Crippen LogP contribution in [0.25, 0.3) is 5.57 Å². The highest BCUT2D eigenvalue weighted by atomic mass is 35.5. The van der Waals surface area contributed by atoms with Crippen molar-refractivity contribution in [1.82, 2.24) is 20.4 Å². The van der Waals surface area contributed by atoms with Gasteiger partial charge in [0.25, 0.3) is 5.91 Å². The minimum Gasteiger partial charge on any atom is -0.484 e. The van der Waals surface area contributed by atoms with Crippen molar-refractivity contribution in [2.45, 2.75) is 24.9 Å². The zero-order chi connectivity index (χ0) is 23.3. The number of amides is 1. The first-order valence-electron chi connectivity index (χ1n) is 9.76. The normalized spacial score (nSPS) is 16.8. The zero-order valence-corrected chi connectivity index (χ0v) is 17.7. The van der Waals surface area contributed by atoms with Crippen molar-refractivity contribution in [1.29, 1.82) is 0 Å². The number of likely N-dealkylation sites (tertiary alicyclic amines) is 1. The van der Waals surface area contributed by atoms with Crippen LogP contribution in [0, 0.1) is 5.82 Å². The molecule has 12 heteroatoms. The fraction of sp³-hybridized carbons (Fsp3) is 0.450. The van der Waals surface area contributed by atoms with Gasteiger partial charge >= 0.3 is 6.18 Å². The molecule has 2 heterocycles. The van der Waals surface area contributed by atoms with Gasteiger partial charge in [-0.1, -0.05) is 18.2 Å². The Balaban J connectivity index is 1.39. The fourth-order valence-electron chi connectivity index (χ4n) is 3.20. The third-order valence-corrected chi connectivity index (χ3v) is 5.08. The lowest BCUT2D eigenvalue weighted by Gasteiger charge is -2.16. The van der Waals surface area contributed by atoms with Gasteiger partial charge in [-0.25, -0.2) is 4.39 Å². The van der Waals surface area contributed by atoms with Crippen LogP contribution in [0.1, 0.15) is 30.5 Å². The number of carbonyl (C=O) groups is 1. The predicted molar refractivity (Wildman–Crippen MR) is 108 cm³/mol. The van der Waals surface area contributed by atoms with E-state index in [0.717, 1.165) is 6.07 Å². The highest BCUT2D eigenvalue weighted by Gasteiger charge is 2.36. The zero-order valence-electron chi connectivity index (χ0n) is 16.9. The molecule has 32 heavy (non-hydrogen) atoms. The number of halogens is 5. The lowest BCUT2D eigenvalue weighted by molar-refractivity contribution is -0.143. The molecule has 2 aromatic rings. The minimum absolute atomic E-state index is 0.0453. The van der Waals surface area contributed by atoms with Crippen molar-refractivity contribution in [2.24, 2.45) is 0 Å². The summed E-state index contributed by atoms with van der Waals surface area (Å²) in [5.74, 6) is -0.707. The molecule has 1 aliphatic heterocycles. The van der Waals surface area contributed by atoms with Gasteiger partial charge in [0.15, 0.2) is 6.61 Å². The van der Waals surface area contributed by atoms with Crippen LogP contribution in [0.4, 0.5) is 17.6 Å². The van der Waals surface area contributed by atoms with Gasteiger partial charge in [-0.05, 0) is 31.5 Å². The number of ether oxygens (including phenoxy) is 1. The topological polar surface area (TPSA) is 80.5 Å². The maximum absolute atomic E-state index is 13.4. The van der Waals surface area contributed by atoms with E-state index in [9.17, 15) is 22.4 Å². The number of hydrogen-bond donors (Lipinski definition) is 1. The third-order valence-electron chi connectivity index (χ3n) is 4.78.